The number of ether oxygens (including phenoxy) is 1. The minimum absolute atomic E-state index is 0.140. The number of halogens is 1. The third kappa shape index (κ3) is 5.50. The van der Waals surface area contributed by atoms with Crippen molar-refractivity contribution in [3.8, 4) is 5.75 Å². The van der Waals surface area contributed by atoms with Gasteiger partial charge in [0.25, 0.3) is 0 Å². The number of benzene rings is 1. The molecule has 0 saturated carbocycles. The number of hydrogen-bond acceptors (Lipinski definition) is 4. The van der Waals surface area contributed by atoms with Crippen molar-refractivity contribution >= 4 is 22.7 Å². The summed E-state index contributed by atoms with van der Waals surface area (Å²) in [6.45, 7) is 1.17. The Morgan fingerprint density at radius 1 is 1.48 bits per heavy atom. The SMILES string of the molecule is COc1ccc(CS(=O)CC(NC(C)=O)C(=O)O)c(F)c1. The quantitative estimate of drug-likeness (QED) is 0.771. The van der Waals surface area contributed by atoms with Gasteiger partial charge >= 0.3 is 5.97 Å². The molecule has 0 aliphatic rings. The first-order valence-electron chi connectivity index (χ1n) is 6.00. The molecule has 1 aromatic rings. The van der Waals surface area contributed by atoms with Gasteiger partial charge in [-0.3, -0.25) is 9.00 Å². The monoisotopic (exact) mass is 317 g/mol. The molecule has 2 N–H and O–H groups in total. The normalized spacial score (nSPS) is 13.3. The van der Waals surface area contributed by atoms with E-state index in [1.54, 1.807) is 0 Å². The molecule has 1 amide bonds. The number of carboxylic acid groups (broad SMARTS) is 1. The second-order valence-electron chi connectivity index (χ2n) is 4.30. The molecule has 0 bridgehead atoms. The van der Waals surface area contributed by atoms with Gasteiger partial charge in [0.05, 0.1) is 18.6 Å². The van der Waals surface area contributed by atoms with E-state index in [2.05, 4.69) is 5.32 Å². The van der Waals surface area contributed by atoms with Gasteiger partial charge in [0.15, 0.2) is 0 Å². The van der Waals surface area contributed by atoms with Gasteiger partial charge < -0.3 is 15.2 Å². The number of rotatable bonds is 7. The number of nitrogens with one attached hydrogen (secondary N) is 1. The predicted molar refractivity (Wildman–Crippen MR) is 74.9 cm³/mol. The maximum atomic E-state index is 13.7. The molecule has 0 saturated heterocycles. The topological polar surface area (TPSA) is 92.7 Å². The minimum atomic E-state index is -1.63. The molecule has 0 aliphatic carbocycles. The molecule has 0 aromatic heterocycles. The lowest BCUT2D eigenvalue weighted by atomic mass is 10.2. The Labute approximate surface area is 123 Å². The third-order valence-corrected chi connectivity index (χ3v) is 3.94. The summed E-state index contributed by atoms with van der Waals surface area (Å²) in [5.74, 6) is -2.49. The molecular formula is C13H16FNO5S. The molecule has 0 fully saturated rings. The van der Waals surface area contributed by atoms with Crippen molar-refractivity contribution in [2.45, 2.75) is 18.7 Å². The van der Waals surface area contributed by atoms with Gasteiger partial charge in [-0.15, -0.1) is 0 Å². The summed E-state index contributed by atoms with van der Waals surface area (Å²) in [5, 5.41) is 11.1. The Hall–Kier alpha value is -1.96. The van der Waals surface area contributed by atoms with Gasteiger partial charge in [0, 0.05) is 29.4 Å². The number of carbonyl (C=O) groups excluding carboxylic acids is 1. The van der Waals surface area contributed by atoms with Crippen LogP contribution in [0.1, 0.15) is 12.5 Å². The Morgan fingerprint density at radius 2 is 2.14 bits per heavy atom. The van der Waals surface area contributed by atoms with Crippen molar-refractivity contribution in [1.82, 2.24) is 5.32 Å². The fourth-order valence-electron chi connectivity index (χ4n) is 1.61. The number of methoxy groups -OCH3 is 1. The molecule has 1 rings (SSSR count). The fraction of sp³-hybridized carbons (Fsp3) is 0.385. The molecule has 8 heteroatoms. The molecule has 116 valence electrons. The van der Waals surface area contributed by atoms with E-state index in [-0.39, 0.29) is 17.1 Å². The van der Waals surface area contributed by atoms with E-state index in [0.29, 0.717) is 5.75 Å². The van der Waals surface area contributed by atoms with Crippen LogP contribution in [-0.2, 0) is 26.1 Å². The summed E-state index contributed by atoms with van der Waals surface area (Å²) in [7, 11) is -0.233. The van der Waals surface area contributed by atoms with Crippen molar-refractivity contribution in [1.29, 1.82) is 0 Å². The van der Waals surface area contributed by atoms with Crippen LogP contribution in [0.4, 0.5) is 4.39 Å². The first kappa shape index (κ1) is 17.1. The average Bonchev–Trinajstić information content (AvgIpc) is 2.39. The molecule has 0 radical (unpaired) electrons. The van der Waals surface area contributed by atoms with Gasteiger partial charge in [0.1, 0.15) is 17.6 Å². The van der Waals surface area contributed by atoms with E-state index in [4.69, 9.17) is 9.84 Å². The number of carboxylic acids is 1. The largest absolute Gasteiger partial charge is 0.497 e. The Balaban J connectivity index is 2.72. The van der Waals surface area contributed by atoms with Gasteiger partial charge in [-0.2, -0.15) is 0 Å². The summed E-state index contributed by atoms with van der Waals surface area (Å²) in [6.07, 6.45) is 0. The zero-order valence-corrected chi connectivity index (χ0v) is 12.4. The van der Waals surface area contributed by atoms with Crippen molar-refractivity contribution in [2.75, 3.05) is 12.9 Å². The standard InChI is InChI=1S/C13H16FNO5S/c1-8(16)15-12(13(17)18)7-21(19)6-9-3-4-10(20-2)5-11(9)14/h3-5,12H,6-7H2,1-2H3,(H,15,16)(H,17,18). The van der Waals surface area contributed by atoms with E-state index < -0.39 is 34.5 Å². The van der Waals surface area contributed by atoms with Crippen LogP contribution in [0.25, 0.3) is 0 Å². The van der Waals surface area contributed by atoms with Crippen LogP contribution in [-0.4, -0.2) is 40.1 Å². The number of hydrogen-bond donors (Lipinski definition) is 2. The highest BCUT2D eigenvalue weighted by molar-refractivity contribution is 7.84. The van der Waals surface area contributed by atoms with E-state index in [1.807, 2.05) is 0 Å². The van der Waals surface area contributed by atoms with Crippen molar-refractivity contribution in [3.05, 3.63) is 29.6 Å². The second kappa shape index (κ2) is 7.72. The number of amides is 1. The predicted octanol–water partition coefficient (Wildman–Crippen LogP) is 0.672. The first-order valence-corrected chi connectivity index (χ1v) is 7.49. The molecule has 1 aromatic carbocycles. The first-order chi connectivity index (χ1) is 9.83. The zero-order chi connectivity index (χ0) is 16.0. The molecule has 6 nitrogen and oxygen atoms in total. The van der Waals surface area contributed by atoms with Crippen LogP contribution < -0.4 is 10.1 Å². The van der Waals surface area contributed by atoms with E-state index in [1.165, 1.54) is 26.2 Å². The fourth-order valence-corrected chi connectivity index (χ4v) is 2.91. The van der Waals surface area contributed by atoms with E-state index in [9.17, 15) is 18.2 Å². The van der Waals surface area contributed by atoms with Crippen molar-refractivity contribution in [3.63, 3.8) is 0 Å². The van der Waals surface area contributed by atoms with Gasteiger partial charge in [-0.05, 0) is 6.07 Å². The maximum Gasteiger partial charge on any atom is 0.327 e. The highest BCUT2D eigenvalue weighted by atomic mass is 32.2. The summed E-state index contributed by atoms with van der Waals surface area (Å²) in [6, 6.07) is 2.86. The molecule has 2 unspecified atom stereocenters. The van der Waals surface area contributed by atoms with Crippen LogP contribution in [0.3, 0.4) is 0 Å². The number of carbonyl (C=O) groups is 2. The van der Waals surface area contributed by atoms with Crippen LogP contribution in [0.2, 0.25) is 0 Å². The molecule has 0 heterocycles. The summed E-state index contributed by atoms with van der Waals surface area (Å²) in [5.41, 5.74) is 0.195. The van der Waals surface area contributed by atoms with Crippen molar-refractivity contribution < 1.29 is 28.0 Å². The van der Waals surface area contributed by atoms with Gasteiger partial charge in [-0.1, -0.05) is 6.07 Å². The lowest BCUT2D eigenvalue weighted by Crippen LogP contribution is -2.43. The number of aliphatic carboxylic acids is 1. The Morgan fingerprint density at radius 3 is 2.62 bits per heavy atom. The molecule has 2 atom stereocenters. The highest BCUT2D eigenvalue weighted by Crippen LogP contribution is 2.17. The van der Waals surface area contributed by atoms with Crippen molar-refractivity contribution in [2.24, 2.45) is 0 Å². The highest BCUT2D eigenvalue weighted by Gasteiger charge is 2.22. The zero-order valence-electron chi connectivity index (χ0n) is 11.6. The maximum absolute atomic E-state index is 13.7. The Bertz CT molecular complexity index is 563. The smallest absolute Gasteiger partial charge is 0.327 e. The minimum Gasteiger partial charge on any atom is -0.497 e. The van der Waals surface area contributed by atoms with Crippen LogP contribution in [0.15, 0.2) is 18.2 Å². The summed E-state index contributed by atoms with van der Waals surface area (Å²) < 4.78 is 30.5. The van der Waals surface area contributed by atoms with E-state index in [0.717, 1.165) is 6.07 Å². The molecule has 0 aliphatic heterocycles. The summed E-state index contributed by atoms with van der Waals surface area (Å²) in [4.78, 5) is 21.8. The van der Waals surface area contributed by atoms with Gasteiger partial charge in [0.2, 0.25) is 5.91 Å². The molecular weight excluding hydrogens is 301 g/mol. The molecule has 0 spiro atoms. The van der Waals surface area contributed by atoms with Gasteiger partial charge in [-0.25, -0.2) is 9.18 Å². The lowest BCUT2D eigenvalue weighted by molar-refractivity contribution is -0.140. The Kier molecular flexibility index (Phi) is 6.29. The second-order valence-corrected chi connectivity index (χ2v) is 5.80. The van der Waals surface area contributed by atoms with Crippen LogP contribution >= 0.6 is 0 Å². The average molecular weight is 317 g/mol. The van der Waals surface area contributed by atoms with E-state index >= 15 is 0 Å². The third-order valence-electron chi connectivity index (χ3n) is 2.60. The van der Waals surface area contributed by atoms with Crippen LogP contribution in [0, 0.1) is 5.82 Å². The van der Waals surface area contributed by atoms with Crippen LogP contribution in [0.5, 0.6) is 5.75 Å². The summed E-state index contributed by atoms with van der Waals surface area (Å²) >= 11 is 0. The lowest BCUT2D eigenvalue weighted by Gasteiger charge is -2.13. The molecule has 21 heavy (non-hydrogen) atoms.